The molecule has 30 heavy (non-hydrogen) atoms. The molecule has 0 atom stereocenters. The third kappa shape index (κ3) is 4.51. The Hall–Kier alpha value is -3.62. The fourth-order valence-corrected chi connectivity index (χ4v) is 2.82. The topological polar surface area (TPSA) is 102 Å². The summed E-state index contributed by atoms with van der Waals surface area (Å²) in [7, 11) is 0. The highest BCUT2D eigenvalue weighted by Gasteiger charge is 2.19. The van der Waals surface area contributed by atoms with Gasteiger partial charge in [-0.2, -0.15) is 4.68 Å². The quantitative estimate of drug-likeness (QED) is 0.494. The molecule has 9 heteroatoms. The molecule has 2 aromatic carbocycles. The lowest BCUT2D eigenvalue weighted by Gasteiger charge is -2.16. The SMILES string of the molecule is CCOc1cc(C(=O)OCn2nnc3ccccc3c2=O)cc(OCC)c1OCC. The Morgan fingerprint density at radius 2 is 1.60 bits per heavy atom. The van der Waals surface area contributed by atoms with E-state index in [4.69, 9.17) is 18.9 Å². The Balaban J connectivity index is 1.86. The summed E-state index contributed by atoms with van der Waals surface area (Å²) in [4.78, 5) is 25.1. The van der Waals surface area contributed by atoms with Gasteiger partial charge in [-0.3, -0.25) is 4.79 Å². The molecule has 0 unspecified atom stereocenters. The van der Waals surface area contributed by atoms with Crippen molar-refractivity contribution in [1.29, 1.82) is 0 Å². The molecular formula is C21H23N3O6. The van der Waals surface area contributed by atoms with E-state index < -0.39 is 11.5 Å². The third-order valence-corrected chi connectivity index (χ3v) is 4.09. The van der Waals surface area contributed by atoms with Gasteiger partial charge >= 0.3 is 5.97 Å². The number of hydrogen-bond acceptors (Lipinski definition) is 8. The number of hydrogen-bond donors (Lipinski definition) is 0. The highest BCUT2D eigenvalue weighted by Crippen LogP contribution is 2.39. The molecule has 0 saturated heterocycles. The molecule has 0 N–H and O–H groups in total. The first-order valence-electron chi connectivity index (χ1n) is 9.65. The molecule has 3 rings (SSSR count). The number of benzene rings is 2. The van der Waals surface area contributed by atoms with Gasteiger partial charge < -0.3 is 18.9 Å². The fraction of sp³-hybridized carbons (Fsp3) is 0.333. The van der Waals surface area contributed by atoms with Crippen molar-refractivity contribution in [2.24, 2.45) is 0 Å². The van der Waals surface area contributed by atoms with Gasteiger partial charge in [0, 0.05) is 0 Å². The minimum atomic E-state index is -0.665. The van der Waals surface area contributed by atoms with E-state index in [1.807, 2.05) is 20.8 Å². The van der Waals surface area contributed by atoms with Crippen LogP contribution in [0.2, 0.25) is 0 Å². The second-order valence-corrected chi connectivity index (χ2v) is 6.07. The first kappa shape index (κ1) is 21.1. The molecule has 1 aromatic heterocycles. The van der Waals surface area contributed by atoms with Crippen LogP contribution in [0.4, 0.5) is 0 Å². The zero-order valence-corrected chi connectivity index (χ0v) is 17.1. The first-order chi connectivity index (χ1) is 14.6. The Morgan fingerprint density at radius 3 is 2.23 bits per heavy atom. The predicted molar refractivity (Wildman–Crippen MR) is 109 cm³/mol. The van der Waals surface area contributed by atoms with E-state index >= 15 is 0 Å². The highest BCUT2D eigenvalue weighted by atomic mass is 16.6. The lowest BCUT2D eigenvalue weighted by molar-refractivity contribution is 0.0335. The molecular weight excluding hydrogens is 390 g/mol. The van der Waals surface area contributed by atoms with Crippen molar-refractivity contribution < 1.29 is 23.7 Å². The number of aromatic nitrogens is 3. The molecule has 0 spiro atoms. The minimum absolute atomic E-state index is 0.201. The van der Waals surface area contributed by atoms with Gasteiger partial charge in [0.1, 0.15) is 5.52 Å². The molecule has 1 heterocycles. The van der Waals surface area contributed by atoms with Crippen LogP contribution < -0.4 is 19.8 Å². The van der Waals surface area contributed by atoms with Gasteiger partial charge in [-0.15, -0.1) is 5.10 Å². The van der Waals surface area contributed by atoms with Gasteiger partial charge in [0.15, 0.2) is 18.2 Å². The van der Waals surface area contributed by atoms with Crippen molar-refractivity contribution in [3.05, 3.63) is 52.3 Å². The van der Waals surface area contributed by atoms with Crippen molar-refractivity contribution >= 4 is 16.9 Å². The smallest absolute Gasteiger partial charge is 0.340 e. The van der Waals surface area contributed by atoms with Crippen LogP contribution in [0, 0.1) is 0 Å². The summed E-state index contributed by atoms with van der Waals surface area (Å²) >= 11 is 0. The summed E-state index contributed by atoms with van der Waals surface area (Å²) in [6.45, 7) is 6.29. The summed E-state index contributed by atoms with van der Waals surface area (Å²) in [5.41, 5.74) is 0.275. The average Bonchev–Trinajstić information content (AvgIpc) is 2.75. The Morgan fingerprint density at radius 1 is 0.967 bits per heavy atom. The van der Waals surface area contributed by atoms with E-state index in [2.05, 4.69) is 10.3 Å². The number of carbonyl (C=O) groups is 1. The van der Waals surface area contributed by atoms with Gasteiger partial charge in [-0.1, -0.05) is 17.3 Å². The molecule has 0 saturated carbocycles. The number of fused-ring (bicyclic) bond motifs is 1. The molecule has 158 valence electrons. The Labute approximate surface area is 173 Å². The summed E-state index contributed by atoms with van der Waals surface area (Å²) < 4.78 is 23.1. The van der Waals surface area contributed by atoms with E-state index in [1.165, 1.54) is 12.1 Å². The number of ether oxygens (including phenoxy) is 4. The van der Waals surface area contributed by atoms with Crippen molar-refractivity contribution in [2.75, 3.05) is 19.8 Å². The van der Waals surface area contributed by atoms with Crippen LogP contribution in [0.3, 0.4) is 0 Å². The normalized spacial score (nSPS) is 10.6. The van der Waals surface area contributed by atoms with Crippen LogP contribution >= 0.6 is 0 Å². The number of rotatable bonds is 9. The highest BCUT2D eigenvalue weighted by molar-refractivity contribution is 5.91. The van der Waals surface area contributed by atoms with Gasteiger partial charge in [-0.05, 0) is 45.0 Å². The van der Waals surface area contributed by atoms with Crippen molar-refractivity contribution in [2.45, 2.75) is 27.5 Å². The standard InChI is InChI=1S/C21H23N3O6/c1-4-27-17-11-14(12-18(28-5-2)19(17)29-6-3)21(26)30-13-24-20(25)15-9-7-8-10-16(15)22-23-24/h7-12H,4-6,13H2,1-3H3. The fourth-order valence-electron chi connectivity index (χ4n) is 2.82. The van der Waals surface area contributed by atoms with Crippen LogP contribution in [0.15, 0.2) is 41.2 Å². The van der Waals surface area contributed by atoms with E-state index in [0.717, 1.165) is 4.68 Å². The summed E-state index contributed by atoms with van der Waals surface area (Å²) in [5, 5.41) is 8.17. The van der Waals surface area contributed by atoms with Crippen LogP contribution in [0.1, 0.15) is 31.1 Å². The van der Waals surface area contributed by atoms with E-state index in [0.29, 0.717) is 48.0 Å². The molecule has 0 aliphatic rings. The molecule has 0 aliphatic heterocycles. The predicted octanol–water partition coefficient (Wildman–Crippen LogP) is 2.80. The van der Waals surface area contributed by atoms with Crippen molar-refractivity contribution in [1.82, 2.24) is 15.0 Å². The van der Waals surface area contributed by atoms with E-state index in [1.54, 1.807) is 24.3 Å². The largest absolute Gasteiger partial charge is 0.490 e. The lowest BCUT2D eigenvalue weighted by Crippen LogP contribution is -2.26. The maximum atomic E-state index is 12.6. The van der Waals surface area contributed by atoms with Gasteiger partial charge in [0.2, 0.25) is 5.75 Å². The third-order valence-electron chi connectivity index (χ3n) is 4.09. The van der Waals surface area contributed by atoms with E-state index in [9.17, 15) is 9.59 Å². The maximum Gasteiger partial charge on any atom is 0.340 e. The summed E-state index contributed by atoms with van der Waals surface area (Å²) in [6, 6.07) is 9.86. The summed E-state index contributed by atoms with van der Waals surface area (Å²) in [6.07, 6.45) is 0. The van der Waals surface area contributed by atoms with Crippen LogP contribution in [0.25, 0.3) is 10.9 Å². The van der Waals surface area contributed by atoms with Gasteiger partial charge in [0.25, 0.3) is 5.56 Å². The molecule has 9 nitrogen and oxygen atoms in total. The number of esters is 1. The van der Waals surface area contributed by atoms with Crippen LogP contribution in [0.5, 0.6) is 17.2 Å². The number of nitrogens with zero attached hydrogens (tertiary/aromatic N) is 3. The lowest BCUT2D eigenvalue weighted by atomic mass is 10.2. The van der Waals surface area contributed by atoms with Crippen molar-refractivity contribution in [3.8, 4) is 17.2 Å². The second kappa shape index (κ2) is 9.73. The second-order valence-electron chi connectivity index (χ2n) is 6.07. The molecule has 3 aromatic rings. The first-order valence-corrected chi connectivity index (χ1v) is 9.65. The van der Waals surface area contributed by atoms with Crippen LogP contribution in [-0.4, -0.2) is 40.8 Å². The van der Waals surface area contributed by atoms with Gasteiger partial charge in [0.05, 0.1) is 30.8 Å². The van der Waals surface area contributed by atoms with E-state index in [-0.39, 0.29) is 12.3 Å². The minimum Gasteiger partial charge on any atom is -0.490 e. The van der Waals surface area contributed by atoms with Crippen molar-refractivity contribution in [3.63, 3.8) is 0 Å². The molecule has 0 radical (unpaired) electrons. The Kier molecular flexibility index (Phi) is 6.84. The molecule has 0 bridgehead atoms. The monoisotopic (exact) mass is 413 g/mol. The molecule has 0 fully saturated rings. The average molecular weight is 413 g/mol. The molecule has 0 aliphatic carbocycles. The summed E-state index contributed by atoms with van der Waals surface area (Å²) in [5.74, 6) is 0.510. The molecule has 0 amide bonds. The van der Waals surface area contributed by atoms with Crippen LogP contribution in [-0.2, 0) is 11.5 Å². The van der Waals surface area contributed by atoms with Gasteiger partial charge in [-0.25, -0.2) is 4.79 Å². The number of carbonyl (C=O) groups excluding carboxylic acids is 1. The zero-order chi connectivity index (χ0) is 21.5. The maximum absolute atomic E-state index is 12.6. The Bertz CT molecular complexity index is 1070. The zero-order valence-electron chi connectivity index (χ0n) is 17.1.